The van der Waals surface area contributed by atoms with Crippen molar-refractivity contribution in [1.82, 2.24) is 9.97 Å². The highest BCUT2D eigenvalue weighted by Gasteiger charge is 2.15. The molecular formula is C12H10Br2ClIN2S. The number of nitrogens with zero attached hydrogens (tertiary/aromatic N) is 2. The summed E-state index contributed by atoms with van der Waals surface area (Å²) in [5.41, 5.74) is 1.02. The molecule has 102 valence electrons. The van der Waals surface area contributed by atoms with E-state index in [0.717, 1.165) is 28.8 Å². The van der Waals surface area contributed by atoms with Gasteiger partial charge in [-0.05, 0) is 72.9 Å². The first kappa shape index (κ1) is 16.1. The van der Waals surface area contributed by atoms with Crippen molar-refractivity contribution < 1.29 is 0 Å². The zero-order valence-corrected chi connectivity index (χ0v) is 17.1. The molecule has 7 heteroatoms. The second-order valence-corrected chi connectivity index (χ2v) is 9.09. The summed E-state index contributed by atoms with van der Waals surface area (Å²) in [5, 5.41) is 0.530. The summed E-state index contributed by atoms with van der Waals surface area (Å²) in [6.45, 7) is 4.34. The molecule has 0 atom stereocenters. The van der Waals surface area contributed by atoms with E-state index in [1.807, 2.05) is 6.07 Å². The smallest absolute Gasteiger partial charge is 0.171 e. The topological polar surface area (TPSA) is 25.8 Å². The first-order chi connectivity index (χ1) is 8.88. The summed E-state index contributed by atoms with van der Waals surface area (Å²) in [5.74, 6) is 1.23. The van der Waals surface area contributed by atoms with Gasteiger partial charge in [0, 0.05) is 4.47 Å². The van der Waals surface area contributed by atoms with Crippen LogP contribution in [0.2, 0.25) is 5.15 Å². The lowest BCUT2D eigenvalue weighted by Crippen LogP contribution is -2.04. The average Bonchev–Trinajstić information content (AvgIpc) is 2.65. The molecule has 2 aromatic rings. The van der Waals surface area contributed by atoms with E-state index in [9.17, 15) is 0 Å². The van der Waals surface area contributed by atoms with Crippen molar-refractivity contribution in [1.29, 1.82) is 0 Å². The van der Waals surface area contributed by atoms with Gasteiger partial charge in [0.05, 0.1) is 17.9 Å². The van der Waals surface area contributed by atoms with Gasteiger partial charge in [-0.25, -0.2) is 9.97 Å². The lowest BCUT2D eigenvalue weighted by molar-refractivity contribution is 0.632. The fourth-order valence-corrected chi connectivity index (χ4v) is 4.17. The van der Waals surface area contributed by atoms with Crippen molar-refractivity contribution in [3.8, 4) is 10.7 Å². The van der Waals surface area contributed by atoms with Gasteiger partial charge >= 0.3 is 0 Å². The second kappa shape index (κ2) is 6.68. The summed E-state index contributed by atoms with van der Waals surface area (Å²) in [6.07, 6.45) is 0.904. The second-order valence-electron chi connectivity index (χ2n) is 4.43. The quantitative estimate of drug-likeness (QED) is 0.346. The van der Waals surface area contributed by atoms with Crippen LogP contribution in [-0.4, -0.2) is 9.97 Å². The van der Waals surface area contributed by atoms with Crippen molar-refractivity contribution in [2.75, 3.05) is 0 Å². The van der Waals surface area contributed by atoms with Gasteiger partial charge in [0.25, 0.3) is 0 Å². The Balaban J connectivity index is 2.49. The fourth-order valence-electron chi connectivity index (χ4n) is 1.55. The van der Waals surface area contributed by atoms with E-state index in [2.05, 4.69) is 78.3 Å². The third kappa shape index (κ3) is 3.90. The summed E-state index contributed by atoms with van der Waals surface area (Å²) >= 11 is 17.0. The molecule has 19 heavy (non-hydrogen) atoms. The molecule has 0 aliphatic heterocycles. The monoisotopic (exact) mass is 534 g/mol. The minimum atomic E-state index is 0.530. The average molecular weight is 536 g/mol. The molecule has 2 nitrogen and oxygen atoms in total. The molecule has 0 bridgehead atoms. The lowest BCUT2D eigenvalue weighted by Gasteiger charge is -2.09. The molecular weight excluding hydrogens is 526 g/mol. The Labute approximate surface area is 151 Å². The Kier molecular flexibility index (Phi) is 5.67. The van der Waals surface area contributed by atoms with Crippen molar-refractivity contribution in [3.05, 3.63) is 28.7 Å². The third-order valence-electron chi connectivity index (χ3n) is 2.35. The van der Waals surface area contributed by atoms with Crippen LogP contribution >= 0.6 is 77.4 Å². The van der Waals surface area contributed by atoms with E-state index in [1.54, 1.807) is 11.3 Å². The Hall–Kier alpha value is 0.760. The molecule has 0 saturated carbocycles. The molecule has 2 aromatic heterocycles. The van der Waals surface area contributed by atoms with Gasteiger partial charge in [-0.3, -0.25) is 0 Å². The maximum Gasteiger partial charge on any atom is 0.171 e. The Morgan fingerprint density at radius 2 is 2.05 bits per heavy atom. The van der Waals surface area contributed by atoms with Crippen LogP contribution < -0.4 is 0 Å². The van der Waals surface area contributed by atoms with Crippen LogP contribution in [0.15, 0.2) is 14.3 Å². The highest BCUT2D eigenvalue weighted by Crippen LogP contribution is 2.37. The van der Waals surface area contributed by atoms with Crippen molar-refractivity contribution in [2.45, 2.75) is 20.3 Å². The molecule has 0 saturated heterocycles. The number of aromatic nitrogens is 2. The van der Waals surface area contributed by atoms with Gasteiger partial charge in [-0.1, -0.05) is 25.4 Å². The van der Waals surface area contributed by atoms with E-state index in [1.165, 1.54) is 0 Å². The molecule has 0 aromatic carbocycles. The predicted molar refractivity (Wildman–Crippen MR) is 97.0 cm³/mol. The minimum absolute atomic E-state index is 0.530. The largest absolute Gasteiger partial charge is 0.231 e. The summed E-state index contributed by atoms with van der Waals surface area (Å²) in [7, 11) is 0. The summed E-state index contributed by atoms with van der Waals surface area (Å²) in [6, 6.07) is 2.01. The number of halogens is 4. The summed E-state index contributed by atoms with van der Waals surface area (Å²) in [4.78, 5) is 10.0. The third-order valence-corrected chi connectivity index (χ3v) is 7.32. The molecule has 0 amide bonds. The summed E-state index contributed by atoms with van der Waals surface area (Å²) < 4.78 is 2.99. The fraction of sp³-hybridized carbons (Fsp3) is 0.333. The number of hydrogen-bond acceptors (Lipinski definition) is 3. The van der Waals surface area contributed by atoms with E-state index < -0.39 is 0 Å². The SMILES string of the molecule is CC(C)Cc1nc(-c2cc(Br)c(Br)s2)nc(Cl)c1I. The molecule has 2 rings (SSSR count). The van der Waals surface area contributed by atoms with E-state index >= 15 is 0 Å². The van der Waals surface area contributed by atoms with Crippen LogP contribution in [0.25, 0.3) is 10.7 Å². The molecule has 0 aliphatic rings. The zero-order chi connectivity index (χ0) is 14.2. The van der Waals surface area contributed by atoms with Gasteiger partial charge in [-0.15, -0.1) is 11.3 Å². The van der Waals surface area contributed by atoms with Gasteiger partial charge in [0.15, 0.2) is 5.82 Å². The predicted octanol–water partition coefficient (Wildman–Crippen LogP) is 6.19. The van der Waals surface area contributed by atoms with E-state index in [4.69, 9.17) is 11.6 Å². The minimum Gasteiger partial charge on any atom is -0.231 e. The molecule has 2 heterocycles. The van der Waals surface area contributed by atoms with Crippen LogP contribution in [0.1, 0.15) is 19.5 Å². The van der Waals surface area contributed by atoms with Crippen LogP contribution in [0.4, 0.5) is 0 Å². The molecule has 0 fully saturated rings. The maximum absolute atomic E-state index is 6.22. The Morgan fingerprint density at radius 3 is 2.58 bits per heavy atom. The number of thiophene rings is 1. The molecule has 0 unspecified atom stereocenters. The Morgan fingerprint density at radius 1 is 1.37 bits per heavy atom. The zero-order valence-electron chi connectivity index (χ0n) is 10.2. The Bertz CT molecular complexity index is 597. The van der Waals surface area contributed by atoms with Crippen molar-refractivity contribution in [3.63, 3.8) is 0 Å². The lowest BCUT2D eigenvalue weighted by atomic mass is 10.1. The number of hydrogen-bond donors (Lipinski definition) is 0. The van der Waals surface area contributed by atoms with Gasteiger partial charge in [-0.2, -0.15) is 0 Å². The van der Waals surface area contributed by atoms with Crippen molar-refractivity contribution >= 4 is 77.4 Å². The normalized spacial score (nSPS) is 11.3. The first-order valence-electron chi connectivity index (χ1n) is 5.55. The molecule has 0 spiro atoms. The van der Waals surface area contributed by atoms with E-state index in [0.29, 0.717) is 16.9 Å². The highest BCUT2D eigenvalue weighted by molar-refractivity contribution is 14.1. The molecule has 0 aliphatic carbocycles. The standard InChI is InChI=1S/C12H10Br2ClIN2S/c1-5(2)3-7-9(16)11(15)18-12(17-7)8-4-6(13)10(14)19-8/h4-5H,3H2,1-2H3. The molecule has 0 N–H and O–H groups in total. The van der Waals surface area contributed by atoms with Crippen molar-refractivity contribution in [2.24, 2.45) is 5.92 Å². The van der Waals surface area contributed by atoms with Crippen LogP contribution in [-0.2, 0) is 6.42 Å². The number of rotatable bonds is 3. The first-order valence-corrected chi connectivity index (χ1v) is 9.41. The van der Waals surface area contributed by atoms with Gasteiger partial charge < -0.3 is 0 Å². The van der Waals surface area contributed by atoms with Crippen LogP contribution in [0.3, 0.4) is 0 Å². The van der Waals surface area contributed by atoms with Crippen LogP contribution in [0, 0.1) is 9.49 Å². The van der Waals surface area contributed by atoms with Gasteiger partial charge in [0.2, 0.25) is 0 Å². The highest BCUT2D eigenvalue weighted by atomic mass is 127. The molecule has 0 radical (unpaired) electrons. The van der Waals surface area contributed by atoms with Crippen LogP contribution in [0.5, 0.6) is 0 Å². The van der Waals surface area contributed by atoms with Gasteiger partial charge in [0.1, 0.15) is 5.15 Å². The maximum atomic E-state index is 6.22. The van der Waals surface area contributed by atoms with E-state index in [-0.39, 0.29) is 0 Å².